The Labute approximate surface area is 130 Å². The van der Waals surface area contributed by atoms with Crippen molar-refractivity contribution in [2.75, 3.05) is 0 Å². The molecule has 3 heteroatoms. The predicted molar refractivity (Wildman–Crippen MR) is 88.7 cm³/mol. The highest BCUT2D eigenvalue weighted by Gasteiger charge is 2.15. The van der Waals surface area contributed by atoms with Gasteiger partial charge in [-0.2, -0.15) is 0 Å². The van der Waals surface area contributed by atoms with E-state index in [4.69, 9.17) is 0 Å². The van der Waals surface area contributed by atoms with Crippen LogP contribution in [0.15, 0.2) is 66.9 Å². The summed E-state index contributed by atoms with van der Waals surface area (Å²) >= 11 is 0. The van der Waals surface area contributed by atoms with E-state index in [1.54, 1.807) is 12.3 Å². The Bertz CT molecular complexity index is 778. The minimum absolute atomic E-state index is 0.0145. The van der Waals surface area contributed by atoms with E-state index in [9.17, 15) is 4.79 Å². The third-order valence-corrected chi connectivity index (χ3v) is 3.81. The Morgan fingerprint density at radius 3 is 2.55 bits per heavy atom. The third-order valence-electron chi connectivity index (χ3n) is 3.81. The van der Waals surface area contributed by atoms with Crippen LogP contribution in [0.4, 0.5) is 0 Å². The number of aromatic nitrogens is 1. The van der Waals surface area contributed by atoms with Gasteiger partial charge in [-0.1, -0.05) is 55.5 Å². The number of hydrogen-bond donors (Lipinski definition) is 1. The van der Waals surface area contributed by atoms with Crippen LogP contribution in [0.1, 0.15) is 35.3 Å². The van der Waals surface area contributed by atoms with Crippen LogP contribution in [0.25, 0.3) is 10.9 Å². The fourth-order valence-electron chi connectivity index (χ4n) is 2.64. The van der Waals surface area contributed by atoms with Crippen molar-refractivity contribution in [2.24, 2.45) is 0 Å². The van der Waals surface area contributed by atoms with Crippen LogP contribution in [-0.2, 0) is 0 Å². The highest BCUT2D eigenvalue weighted by Crippen LogP contribution is 2.20. The standard InChI is InChI=1S/C19H18N2O/c1-2-17(14-8-4-3-5-9-14)21-19(22)16-12-13-20-18-11-7-6-10-15(16)18/h3-13,17H,2H2,1H3,(H,21,22). The number of para-hydroxylation sites is 1. The number of pyridine rings is 1. The number of carbonyl (C=O) groups excluding carboxylic acids is 1. The fourth-order valence-corrected chi connectivity index (χ4v) is 2.64. The number of amides is 1. The first-order chi connectivity index (χ1) is 10.8. The van der Waals surface area contributed by atoms with E-state index < -0.39 is 0 Å². The van der Waals surface area contributed by atoms with Crippen molar-refractivity contribution < 1.29 is 4.79 Å². The van der Waals surface area contributed by atoms with Crippen LogP contribution in [0.3, 0.4) is 0 Å². The number of rotatable bonds is 4. The number of fused-ring (bicyclic) bond motifs is 1. The molecule has 22 heavy (non-hydrogen) atoms. The summed E-state index contributed by atoms with van der Waals surface area (Å²) in [5.41, 5.74) is 2.62. The lowest BCUT2D eigenvalue weighted by molar-refractivity contribution is 0.0937. The molecule has 3 aromatic rings. The summed E-state index contributed by atoms with van der Waals surface area (Å²) in [6.07, 6.45) is 2.53. The minimum Gasteiger partial charge on any atom is -0.345 e. The second-order valence-corrected chi connectivity index (χ2v) is 5.22. The van der Waals surface area contributed by atoms with Crippen molar-refractivity contribution in [1.82, 2.24) is 10.3 Å². The van der Waals surface area contributed by atoms with Crippen molar-refractivity contribution in [1.29, 1.82) is 0 Å². The lowest BCUT2D eigenvalue weighted by atomic mass is 10.0. The topological polar surface area (TPSA) is 42.0 Å². The summed E-state index contributed by atoms with van der Waals surface area (Å²) in [6, 6.07) is 19.5. The summed E-state index contributed by atoms with van der Waals surface area (Å²) in [6.45, 7) is 2.07. The van der Waals surface area contributed by atoms with Crippen molar-refractivity contribution in [2.45, 2.75) is 19.4 Å². The first-order valence-electron chi connectivity index (χ1n) is 7.49. The summed E-state index contributed by atoms with van der Waals surface area (Å²) in [5, 5.41) is 4.00. The Balaban J connectivity index is 1.90. The molecule has 3 rings (SSSR count). The van der Waals surface area contributed by atoms with Crippen LogP contribution in [0.5, 0.6) is 0 Å². The quantitative estimate of drug-likeness (QED) is 0.785. The van der Waals surface area contributed by atoms with Crippen LogP contribution in [-0.4, -0.2) is 10.9 Å². The van der Waals surface area contributed by atoms with Gasteiger partial charge >= 0.3 is 0 Å². The molecule has 1 unspecified atom stereocenters. The van der Waals surface area contributed by atoms with Gasteiger partial charge in [0.05, 0.1) is 17.1 Å². The summed E-state index contributed by atoms with van der Waals surface area (Å²) in [4.78, 5) is 17.0. The van der Waals surface area contributed by atoms with E-state index in [1.165, 1.54) is 0 Å². The molecule has 0 saturated heterocycles. The molecule has 1 amide bonds. The number of benzene rings is 2. The van der Waals surface area contributed by atoms with Crippen molar-refractivity contribution >= 4 is 16.8 Å². The number of nitrogens with zero attached hydrogens (tertiary/aromatic N) is 1. The molecule has 0 aliphatic rings. The van der Waals surface area contributed by atoms with Crippen LogP contribution < -0.4 is 5.32 Å². The fraction of sp³-hybridized carbons (Fsp3) is 0.158. The highest BCUT2D eigenvalue weighted by atomic mass is 16.1. The Kier molecular flexibility index (Phi) is 4.15. The zero-order valence-corrected chi connectivity index (χ0v) is 12.5. The van der Waals surface area contributed by atoms with Gasteiger partial charge in [0, 0.05) is 11.6 Å². The van der Waals surface area contributed by atoms with Crippen LogP contribution >= 0.6 is 0 Å². The Hall–Kier alpha value is -2.68. The van der Waals surface area contributed by atoms with Crippen molar-refractivity contribution in [3.8, 4) is 0 Å². The van der Waals surface area contributed by atoms with Gasteiger partial charge in [0.25, 0.3) is 5.91 Å². The minimum atomic E-state index is -0.0608. The first-order valence-corrected chi connectivity index (χ1v) is 7.49. The van der Waals surface area contributed by atoms with E-state index >= 15 is 0 Å². The zero-order chi connectivity index (χ0) is 15.4. The smallest absolute Gasteiger partial charge is 0.252 e. The molecule has 1 N–H and O–H groups in total. The molecule has 0 saturated carbocycles. The lowest BCUT2D eigenvalue weighted by Crippen LogP contribution is -2.28. The molecule has 110 valence electrons. The van der Waals surface area contributed by atoms with Gasteiger partial charge in [0.1, 0.15) is 0 Å². The maximum absolute atomic E-state index is 12.7. The van der Waals surface area contributed by atoms with E-state index in [2.05, 4.69) is 17.2 Å². The molecular formula is C19H18N2O. The van der Waals surface area contributed by atoms with E-state index in [0.29, 0.717) is 5.56 Å². The Morgan fingerprint density at radius 1 is 1.05 bits per heavy atom. The number of carbonyl (C=O) groups is 1. The molecule has 3 nitrogen and oxygen atoms in total. The monoisotopic (exact) mass is 290 g/mol. The van der Waals surface area contributed by atoms with Gasteiger partial charge < -0.3 is 5.32 Å². The van der Waals surface area contributed by atoms with Crippen LogP contribution in [0.2, 0.25) is 0 Å². The molecule has 0 aliphatic heterocycles. The highest BCUT2D eigenvalue weighted by molar-refractivity contribution is 6.06. The molecule has 0 aliphatic carbocycles. The molecule has 1 atom stereocenters. The molecule has 0 radical (unpaired) electrons. The largest absolute Gasteiger partial charge is 0.345 e. The van der Waals surface area contributed by atoms with Gasteiger partial charge in [0.15, 0.2) is 0 Å². The van der Waals surface area contributed by atoms with E-state index in [-0.39, 0.29) is 11.9 Å². The Morgan fingerprint density at radius 2 is 1.77 bits per heavy atom. The summed E-state index contributed by atoms with van der Waals surface area (Å²) < 4.78 is 0. The van der Waals surface area contributed by atoms with Gasteiger partial charge in [-0.25, -0.2) is 0 Å². The molecule has 0 bridgehead atoms. The molecular weight excluding hydrogens is 272 g/mol. The molecule has 1 heterocycles. The van der Waals surface area contributed by atoms with Gasteiger partial charge in [-0.05, 0) is 24.1 Å². The van der Waals surface area contributed by atoms with Gasteiger partial charge in [0.2, 0.25) is 0 Å². The number of nitrogens with one attached hydrogen (secondary N) is 1. The maximum Gasteiger partial charge on any atom is 0.252 e. The van der Waals surface area contributed by atoms with Crippen molar-refractivity contribution in [3.05, 3.63) is 78.0 Å². The second-order valence-electron chi connectivity index (χ2n) is 5.22. The molecule has 0 spiro atoms. The number of hydrogen-bond acceptors (Lipinski definition) is 2. The first kappa shape index (κ1) is 14.3. The summed E-state index contributed by atoms with van der Waals surface area (Å²) in [7, 11) is 0. The van der Waals surface area contributed by atoms with Crippen molar-refractivity contribution in [3.63, 3.8) is 0 Å². The molecule has 1 aromatic heterocycles. The van der Waals surface area contributed by atoms with Crippen LogP contribution in [0, 0.1) is 0 Å². The zero-order valence-electron chi connectivity index (χ0n) is 12.5. The van der Waals surface area contributed by atoms with Gasteiger partial charge in [-0.3, -0.25) is 9.78 Å². The van der Waals surface area contributed by atoms with E-state index in [0.717, 1.165) is 22.9 Å². The SMILES string of the molecule is CCC(NC(=O)c1ccnc2ccccc12)c1ccccc1. The van der Waals surface area contributed by atoms with Gasteiger partial charge in [-0.15, -0.1) is 0 Å². The normalized spacial score (nSPS) is 12.0. The average Bonchev–Trinajstić information content (AvgIpc) is 2.59. The molecule has 2 aromatic carbocycles. The maximum atomic E-state index is 12.7. The average molecular weight is 290 g/mol. The second kappa shape index (κ2) is 6.39. The third kappa shape index (κ3) is 2.84. The predicted octanol–water partition coefficient (Wildman–Crippen LogP) is 4.12. The lowest BCUT2D eigenvalue weighted by Gasteiger charge is -2.18. The van der Waals surface area contributed by atoms with E-state index in [1.807, 2.05) is 54.6 Å². The summed E-state index contributed by atoms with van der Waals surface area (Å²) in [5.74, 6) is -0.0608. The molecule has 0 fully saturated rings.